The zero-order valence-corrected chi connectivity index (χ0v) is 14.4. The summed E-state index contributed by atoms with van der Waals surface area (Å²) in [5.41, 5.74) is 1.87. The summed E-state index contributed by atoms with van der Waals surface area (Å²) in [7, 11) is 0. The molecule has 0 spiro atoms. The maximum Gasteiger partial charge on any atom is 0.347 e. The number of ether oxygens (including phenoxy) is 1. The Kier molecular flexibility index (Phi) is 6.82. The lowest BCUT2D eigenvalue weighted by Crippen LogP contribution is -2.00. The van der Waals surface area contributed by atoms with Gasteiger partial charge in [-0.2, -0.15) is 0 Å². The van der Waals surface area contributed by atoms with E-state index < -0.39 is 11.9 Å². The minimum absolute atomic E-state index is 0.428. The predicted octanol–water partition coefficient (Wildman–Crippen LogP) is 5.32. The second-order valence-electron chi connectivity index (χ2n) is 6.92. The first-order valence-corrected chi connectivity index (χ1v) is 8.98. The van der Waals surface area contributed by atoms with E-state index in [-0.39, 0.29) is 0 Å². The molecule has 2 rings (SSSR count). The highest BCUT2D eigenvalue weighted by Gasteiger charge is 2.31. The summed E-state index contributed by atoms with van der Waals surface area (Å²) in [4.78, 5) is 23.3. The van der Waals surface area contributed by atoms with Gasteiger partial charge in [-0.1, -0.05) is 70.9 Å². The van der Waals surface area contributed by atoms with Crippen molar-refractivity contribution in [3.05, 3.63) is 34.9 Å². The molecule has 0 unspecified atom stereocenters. The molecule has 0 saturated carbocycles. The highest BCUT2D eigenvalue weighted by Crippen LogP contribution is 2.25. The topological polar surface area (TPSA) is 43.4 Å². The Hall–Kier alpha value is -1.64. The van der Waals surface area contributed by atoms with Crippen molar-refractivity contribution >= 4 is 11.9 Å². The van der Waals surface area contributed by atoms with Crippen LogP contribution in [0.2, 0.25) is 0 Å². The highest BCUT2D eigenvalue weighted by atomic mass is 16.6. The van der Waals surface area contributed by atoms with Gasteiger partial charge < -0.3 is 4.74 Å². The van der Waals surface area contributed by atoms with Gasteiger partial charge in [-0.3, -0.25) is 0 Å². The molecule has 1 aliphatic heterocycles. The lowest BCUT2D eigenvalue weighted by atomic mass is 9.97. The third kappa shape index (κ3) is 5.19. The zero-order chi connectivity index (χ0) is 16.7. The number of cyclic esters (lactones) is 2. The number of esters is 2. The van der Waals surface area contributed by atoms with Crippen LogP contribution in [0, 0.1) is 5.92 Å². The van der Waals surface area contributed by atoms with Gasteiger partial charge >= 0.3 is 11.9 Å². The van der Waals surface area contributed by atoms with Crippen LogP contribution in [-0.4, -0.2) is 11.9 Å². The first-order chi connectivity index (χ1) is 11.1. The van der Waals surface area contributed by atoms with Crippen molar-refractivity contribution < 1.29 is 14.3 Å². The smallest absolute Gasteiger partial charge is 0.347 e. The summed E-state index contributed by atoms with van der Waals surface area (Å²) in [5, 5.41) is 0. The van der Waals surface area contributed by atoms with Crippen LogP contribution in [0.4, 0.5) is 0 Å². The number of benzene rings is 1. The van der Waals surface area contributed by atoms with Crippen LogP contribution in [0.1, 0.15) is 91.5 Å². The van der Waals surface area contributed by atoms with E-state index in [1.807, 2.05) is 12.1 Å². The first-order valence-electron chi connectivity index (χ1n) is 8.98. The highest BCUT2D eigenvalue weighted by molar-refractivity contribution is 6.15. The van der Waals surface area contributed by atoms with Gasteiger partial charge in [-0.05, 0) is 30.4 Å². The third-order valence-corrected chi connectivity index (χ3v) is 4.49. The lowest BCUT2D eigenvalue weighted by molar-refractivity contribution is 0.0443. The number of hydrogen-bond acceptors (Lipinski definition) is 3. The van der Waals surface area contributed by atoms with Crippen LogP contribution in [0.25, 0.3) is 0 Å². The molecule has 0 N–H and O–H groups in total. The van der Waals surface area contributed by atoms with E-state index in [0.29, 0.717) is 11.1 Å². The molecule has 1 aromatic carbocycles. The number of hydrogen-bond donors (Lipinski definition) is 0. The van der Waals surface area contributed by atoms with Gasteiger partial charge in [-0.15, -0.1) is 0 Å². The molecule has 126 valence electrons. The molecule has 0 aliphatic carbocycles. The molecule has 0 fully saturated rings. The first kappa shape index (κ1) is 17.7. The summed E-state index contributed by atoms with van der Waals surface area (Å²) >= 11 is 0. The minimum Gasteiger partial charge on any atom is -0.386 e. The molecular weight excluding hydrogens is 288 g/mol. The number of fused-ring (bicyclic) bond motifs is 1. The van der Waals surface area contributed by atoms with Crippen molar-refractivity contribution in [2.45, 2.75) is 71.6 Å². The SMILES string of the molecule is CC(C)CCCCCCCCCc1cccc2c1C(=O)OC2=O. The molecule has 23 heavy (non-hydrogen) atoms. The standard InChI is InChI=1S/C20H28O3/c1-15(2)11-8-6-4-3-5-7-9-12-16-13-10-14-17-18(16)20(22)23-19(17)21/h10,13-15H,3-9,11-12H2,1-2H3. The fraction of sp³-hybridized carbons (Fsp3) is 0.600. The zero-order valence-electron chi connectivity index (χ0n) is 14.4. The molecule has 0 atom stereocenters. The molecule has 1 aliphatic rings. The largest absolute Gasteiger partial charge is 0.386 e. The van der Waals surface area contributed by atoms with Gasteiger partial charge in [0.15, 0.2) is 0 Å². The molecule has 0 bridgehead atoms. The summed E-state index contributed by atoms with van der Waals surface area (Å²) in [6, 6.07) is 5.44. The van der Waals surface area contributed by atoms with Gasteiger partial charge in [0.2, 0.25) is 0 Å². The Morgan fingerprint density at radius 3 is 2.22 bits per heavy atom. The Bertz CT molecular complexity index is 546. The maximum atomic E-state index is 11.7. The van der Waals surface area contributed by atoms with E-state index in [9.17, 15) is 9.59 Å². The van der Waals surface area contributed by atoms with Crippen LogP contribution in [0.5, 0.6) is 0 Å². The second-order valence-corrected chi connectivity index (χ2v) is 6.92. The van der Waals surface area contributed by atoms with E-state index in [1.165, 1.54) is 44.9 Å². The van der Waals surface area contributed by atoms with Crippen molar-refractivity contribution in [3.63, 3.8) is 0 Å². The summed E-state index contributed by atoms with van der Waals surface area (Å²) < 4.78 is 4.69. The predicted molar refractivity (Wildman–Crippen MR) is 91.7 cm³/mol. The normalized spacial score (nSPS) is 13.5. The van der Waals surface area contributed by atoms with E-state index in [1.54, 1.807) is 6.07 Å². The van der Waals surface area contributed by atoms with Crippen LogP contribution in [0.15, 0.2) is 18.2 Å². The average Bonchev–Trinajstić information content (AvgIpc) is 2.81. The van der Waals surface area contributed by atoms with Gasteiger partial charge in [0.1, 0.15) is 0 Å². The molecule has 0 saturated heterocycles. The maximum absolute atomic E-state index is 11.7. The average molecular weight is 316 g/mol. The molecule has 0 radical (unpaired) electrons. The van der Waals surface area contributed by atoms with Gasteiger partial charge in [-0.25, -0.2) is 9.59 Å². The van der Waals surface area contributed by atoms with E-state index in [2.05, 4.69) is 13.8 Å². The van der Waals surface area contributed by atoms with Gasteiger partial charge in [0, 0.05) is 0 Å². The van der Waals surface area contributed by atoms with E-state index in [4.69, 9.17) is 4.74 Å². The molecule has 0 aromatic heterocycles. The summed E-state index contributed by atoms with van der Waals surface area (Å²) in [6.07, 6.45) is 11.0. The third-order valence-electron chi connectivity index (χ3n) is 4.49. The molecule has 1 aromatic rings. The fourth-order valence-electron chi connectivity index (χ4n) is 3.16. The van der Waals surface area contributed by atoms with Crippen molar-refractivity contribution in [2.24, 2.45) is 5.92 Å². The van der Waals surface area contributed by atoms with E-state index in [0.717, 1.165) is 24.3 Å². The summed E-state index contributed by atoms with van der Waals surface area (Å²) in [5.74, 6) is -0.167. The van der Waals surface area contributed by atoms with Crippen molar-refractivity contribution in [3.8, 4) is 0 Å². The summed E-state index contributed by atoms with van der Waals surface area (Å²) in [6.45, 7) is 4.56. The van der Waals surface area contributed by atoms with Crippen molar-refractivity contribution in [2.75, 3.05) is 0 Å². The van der Waals surface area contributed by atoms with Crippen LogP contribution < -0.4 is 0 Å². The molecule has 3 heteroatoms. The van der Waals surface area contributed by atoms with Crippen LogP contribution >= 0.6 is 0 Å². The molecular formula is C20H28O3. The monoisotopic (exact) mass is 316 g/mol. The number of carbonyl (C=O) groups excluding carboxylic acids is 2. The van der Waals surface area contributed by atoms with Crippen molar-refractivity contribution in [1.29, 1.82) is 0 Å². The van der Waals surface area contributed by atoms with Gasteiger partial charge in [0.05, 0.1) is 11.1 Å². The quantitative estimate of drug-likeness (QED) is 0.333. The Labute approximate surface area is 139 Å². The lowest BCUT2D eigenvalue weighted by Gasteiger charge is -2.06. The number of rotatable bonds is 10. The number of aryl methyl sites for hydroxylation is 1. The Morgan fingerprint density at radius 2 is 1.52 bits per heavy atom. The Balaban J connectivity index is 1.64. The minimum atomic E-state index is -0.506. The molecule has 0 amide bonds. The second kappa shape index (κ2) is 8.85. The van der Waals surface area contributed by atoms with E-state index >= 15 is 0 Å². The Morgan fingerprint density at radius 1 is 0.870 bits per heavy atom. The molecule has 1 heterocycles. The van der Waals surface area contributed by atoms with Crippen LogP contribution in [0.3, 0.4) is 0 Å². The molecule has 3 nitrogen and oxygen atoms in total. The van der Waals surface area contributed by atoms with Gasteiger partial charge in [0.25, 0.3) is 0 Å². The van der Waals surface area contributed by atoms with Crippen molar-refractivity contribution in [1.82, 2.24) is 0 Å². The number of carbonyl (C=O) groups is 2. The van der Waals surface area contributed by atoms with Crippen LogP contribution in [-0.2, 0) is 11.2 Å². The fourth-order valence-corrected chi connectivity index (χ4v) is 3.16. The number of unbranched alkanes of at least 4 members (excludes halogenated alkanes) is 6.